The maximum absolute atomic E-state index is 10.6. The molecule has 0 bridgehead atoms. The summed E-state index contributed by atoms with van der Waals surface area (Å²) in [4.78, 5) is 0. The van der Waals surface area contributed by atoms with E-state index < -0.39 is 0 Å². The van der Waals surface area contributed by atoms with E-state index in [4.69, 9.17) is 0 Å². The van der Waals surface area contributed by atoms with Crippen molar-refractivity contribution in [2.24, 2.45) is 17.8 Å². The van der Waals surface area contributed by atoms with Crippen molar-refractivity contribution in [1.82, 2.24) is 0 Å². The molecule has 1 aromatic carbocycles. The Balaban J connectivity index is 2.07. The van der Waals surface area contributed by atoms with Crippen molar-refractivity contribution >= 4 is 0 Å². The molecule has 0 spiro atoms. The van der Waals surface area contributed by atoms with Crippen LogP contribution in [0.15, 0.2) is 30.3 Å². The molecule has 1 heteroatoms. The first-order valence-corrected chi connectivity index (χ1v) is 7.47. The van der Waals surface area contributed by atoms with Crippen molar-refractivity contribution in [2.75, 3.05) is 0 Å². The number of hydrogen-bond donors (Lipinski definition) is 1. The van der Waals surface area contributed by atoms with E-state index >= 15 is 0 Å². The van der Waals surface area contributed by atoms with Crippen LogP contribution in [-0.4, -0.2) is 5.11 Å². The van der Waals surface area contributed by atoms with Gasteiger partial charge in [0.15, 0.2) is 0 Å². The normalized spacial score (nSPS) is 27.7. The molecule has 0 aliphatic heterocycles. The molecule has 1 saturated carbocycles. The van der Waals surface area contributed by atoms with Crippen LogP contribution in [0.2, 0.25) is 0 Å². The van der Waals surface area contributed by atoms with Crippen LogP contribution >= 0.6 is 0 Å². The molecule has 1 fully saturated rings. The van der Waals surface area contributed by atoms with Crippen LogP contribution in [0.4, 0.5) is 0 Å². The van der Waals surface area contributed by atoms with E-state index in [9.17, 15) is 5.11 Å². The van der Waals surface area contributed by atoms with Gasteiger partial charge in [0.2, 0.25) is 0 Å². The largest absolute Gasteiger partial charge is 0.388 e. The van der Waals surface area contributed by atoms with Gasteiger partial charge in [-0.3, -0.25) is 0 Å². The Kier molecular flexibility index (Phi) is 4.82. The summed E-state index contributed by atoms with van der Waals surface area (Å²) in [5.74, 6) is 1.88. The Hall–Kier alpha value is -0.820. The molecule has 4 unspecified atom stereocenters. The van der Waals surface area contributed by atoms with E-state index in [-0.39, 0.29) is 6.10 Å². The van der Waals surface area contributed by atoms with Gasteiger partial charge in [-0.2, -0.15) is 0 Å². The zero-order valence-corrected chi connectivity index (χ0v) is 11.7. The minimum absolute atomic E-state index is 0.302. The summed E-state index contributed by atoms with van der Waals surface area (Å²) >= 11 is 0. The molecule has 1 aliphatic rings. The van der Waals surface area contributed by atoms with Gasteiger partial charge < -0.3 is 5.11 Å². The van der Waals surface area contributed by atoms with Crippen LogP contribution < -0.4 is 0 Å². The van der Waals surface area contributed by atoms with Crippen LogP contribution in [0.25, 0.3) is 0 Å². The average Bonchev–Trinajstić information content (AvgIpc) is 2.46. The van der Waals surface area contributed by atoms with Crippen LogP contribution in [0.3, 0.4) is 0 Å². The molecule has 2 rings (SSSR count). The molecule has 0 aromatic heterocycles. The van der Waals surface area contributed by atoms with Gasteiger partial charge in [0.05, 0.1) is 6.10 Å². The van der Waals surface area contributed by atoms with Crippen LogP contribution in [-0.2, 0) is 0 Å². The fraction of sp³-hybridized carbons (Fsp3) is 0.647. The Labute approximate surface area is 111 Å². The SMILES string of the molecule is CCC1CCCCC1C(C)C(O)c1ccccc1. The highest BCUT2D eigenvalue weighted by atomic mass is 16.3. The first kappa shape index (κ1) is 13.6. The first-order chi connectivity index (χ1) is 8.74. The monoisotopic (exact) mass is 246 g/mol. The fourth-order valence-electron chi connectivity index (χ4n) is 3.62. The number of benzene rings is 1. The van der Waals surface area contributed by atoms with Gasteiger partial charge in [0.1, 0.15) is 0 Å². The van der Waals surface area contributed by atoms with Crippen molar-refractivity contribution in [3.05, 3.63) is 35.9 Å². The smallest absolute Gasteiger partial charge is 0.0818 e. The molecular formula is C17H26O. The number of aliphatic hydroxyl groups is 1. The number of rotatable bonds is 4. The van der Waals surface area contributed by atoms with Gasteiger partial charge in [-0.25, -0.2) is 0 Å². The number of hydrogen-bond acceptors (Lipinski definition) is 1. The predicted molar refractivity (Wildman–Crippen MR) is 76.3 cm³/mol. The van der Waals surface area contributed by atoms with Gasteiger partial charge in [0, 0.05) is 0 Å². The lowest BCUT2D eigenvalue weighted by atomic mass is 9.69. The summed E-state index contributed by atoms with van der Waals surface area (Å²) in [6.45, 7) is 4.53. The Morgan fingerprint density at radius 2 is 1.83 bits per heavy atom. The highest BCUT2D eigenvalue weighted by Crippen LogP contribution is 2.41. The number of aliphatic hydroxyl groups excluding tert-OH is 1. The first-order valence-electron chi connectivity index (χ1n) is 7.47. The molecule has 18 heavy (non-hydrogen) atoms. The second-order valence-corrected chi connectivity index (χ2v) is 5.83. The van der Waals surface area contributed by atoms with Gasteiger partial charge in [-0.15, -0.1) is 0 Å². The maximum Gasteiger partial charge on any atom is 0.0818 e. The summed E-state index contributed by atoms with van der Waals surface area (Å²) in [5, 5.41) is 10.6. The van der Waals surface area contributed by atoms with Gasteiger partial charge >= 0.3 is 0 Å². The Bertz CT molecular complexity index is 346. The lowest BCUT2D eigenvalue weighted by Crippen LogP contribution is -2.28. The van der Waals surface area contributed by atoms with Crippen molar-refractivity contribution < 1.29 is 5.11 Å². The van der Waals surface area contributed by atoms with Crippen LogP contribution in [0.1, 0.15) is 57.6 Å². The van der Waals surface area contributed by atoms with Gasteiger partial charge in [-0.1, -0.05) is 69.9 Å². The second kappa shape index (κ2) is 6.38. The predicted octanol–water partition coefficient (Wildman–Crippen LogP) is 4.57. The lowest BCUT2D eigenvalue weighted by Gasteiger charge is -2.37. The van der Waals surface area contributed by atoms with Crippen LogP contribution in [0.5, 0.6) is 0 Å². The molecule has 0 heterocycles. The third-order valence-electron chi connectivity index (χ3n) is 4.81. The standard InChI is InChI=1S/C17H26O/c1-3-14-9-7-8-12-16(14)13(2)17(18)15-10-5-4-6-11-15/h4-6,10-11,13-14,16-18H,3,7-9,12H2,1-2H3. The minimum atomic E-state index is -0.302. The second-order valence-electron chi connectivity index (χ2n) is 5.83. The molecule has 1 aliphatic carbocycles. The lowest BCUT2D eigenvalue weighted by molar-refractivity contribution is 0.0415. The van der Waals surface area contributed by atoms with Crippen molar-refractivity contribution in [2.45, 2.75) is 52.1 Å². The Morgan fingerprint density at radius 1 is 1.17 bits per heavy atom. The average molecular weight is 246 g/mol. The molecule has 4 atom stereocenters. The molecular weight excluding hydrogens is 220 g/mol. The van der Waals surface area contributed by atoms with Crippen LogP contribution in [0, 0.1) is 17.8 Å². The van der Waals surface area contributed by atoms with Crippen molar-refractivity contribution in [3.63, 3.8) is 0 Å². The summed E-state index contributed by atoms with van der Waals surface area (Å²) in [7, 11) is 0. The quantitative estimate of drug-likeness (QED) is 0.825. The molecule has 1 N–H and O–H groups in total. The van der Waals surface area contributed by atoms with E-state index in [1.807, 2.05) is 30.3 Å². The summed E-state index contributed by atoms with van der Waals surface area (Å²) in [5.41, 5.74) is 1.07. The molecule has 0 saturated heterocycles. The summed E-state index contributed by atoms with van der Waals surface area (Å²) in [6, 6.07) is 10.1. The van der Waals surface area contributed by atoms with Gasteiger partial charge in [0.25, 0.3) is 0 Å². The molecule has 0 amide bonds. The molecule has 1 nitrogen and oxygen atoms in total. The Morgan fingerprint density at radius 3 is 2.50 bits per heavy atom. The maximum atomic E-state index is 10.6. The summed E-state index contributed by atoms with van der Waals surface area (Å²) in [6.07, 6.45) is 6.33. The minimum Gasteiger partial charge on any atom is -0.388 e. The van der Waals surface area contributed by atoms with E-state index in [1.165, 1.54) is 32.1 Å². The van der Waals surface area contributed by atoms with E-state index in [0.717, 1.165) is 11.5 Å². The highest BCUT2D eigenvalue weighted by Gasteiger charge is 2.32. The highest BCUT2D eigenvalue weighted by molar-refractivity contribution is 5.18. The zero-order chi connectivity index (χ0) is 13.0. The molecule has 1 aromatic rings. The summed E-state index contributed by atoms with van der Waals surface area (Å²) < 4.78 is 0. The zero-order valence-electron chi connectivity index (χ0n) is 11.7. The third kappa shape index (κ3) is 2.95. The van der Waals surface area contributed by atoms with Crippen molar-refractivity contribution in [1.29, 1.82) is 0 Å². The molecule has 0 radical (unpaired) electrons. The van der Waals surface area contributed by atoms with Crippen molar-refractivity contribution in [3.8, 4) is 0 Å². The molecule has 100 valence electrons. The van der Waals surface area contributed by atoms with E-state index in [1.54, 1.807) is 0 Å². The van der Waals surface area contributed by atoms with Gasteiger partial charge in [-0.05, 0) is 29.7 Å². The third-order valence-corrected chi connectivity index (χ3v) is 4.81. The van der Waals surface area contributed by atoms with E-state index in [0.29, 0.717) is 11.8 Å². The topological polar surface area (TPSA) is 20.2 Å². The fourth-order valence-corrected chi connectivity index (χ4v) is 3.62. The van der Waals surface area contributed by atoms with E-state index in [2.05, 4.69) is 13.8 Å².